The van der Waals surface area contributed by atoms with Crippen LogP contribution < -0.4 is 20.1 Å². The number of halogens is 1. The molecule has 2 saturated carbocycles. The van der Waals surface area contributed by atoms with E-state index < -0.39 is 61.8 Å². The zero-order valence-electron chi connectivity index (χ0n) is 32.1. The second kappa shape index (κ2) is 14.5. The van der Waals surface area contributed by atoms with Crippen LogP contribution in [0.3, 0.4) is 0 Å². The standard InChI is InChI=1S/C40H52ClN5O8S/c1-25-32-27(28-21-26(41)12-13-29(28)42-25)14-16-40(54-32)22-31-33(47)44-39(4,35(49)45-55(51,52)38(3)19-20-38)15-10-8-6-5-7-9-11-30(34(48)46(31)23-40)43-36(50)53-24-37(2)17-18-37/h8,10,12-13,21,30-31H,5-7,9,11,14-20,22-24H2,1-4H3,(H,43,50)(H,44,47)(H,45,49). The highest BCUT2D eigenvalue weighted by Crippen LogP contribution is 2.46. The largest absolute Gasteiger partial charge is 0.483 e. The summed E-state index contributed by atoms with van der Waals surface area (Å²) in [6.07, 6.45) is 10.2. The van der Waals surface area contributed by atoms with E-state index in [1.54, 1.807) is 19.1 Å². The molecule has 4 unspecified atom stereocenters. The highest BCUT2D eigenvalue weighted by Gasteiger charge is 2.55. The van der Waals surface area contributed by atoms with E-state index in [0.29, 0.717) is 61.4 Å². The maximum Gasteiger partial charge on any atom is 0.407 e. The zero-order valence-corrected chi connectivity index (χ0v) is 33.7. The molecule has 4 heterocycles. The zero-order chi connectivity index (χ0) is 39.4. The quantitative estimate of drug-likeness (QED) is 0.318. The molecule has 5 aliphatic rings. The molecule has 4 amide bonds. The molecule has 3 N–H and O–H groups in total. The molecular formula is C40H52ClN5O8S. The molecule has 15 heteroatoms. The lowest BCUT2D eigenvalue weighted by molar-refractivity contribution is -0.142. The fourth-order valence-electron chi connectivity index (χ4n) is 7.91. The number of carbonyl (C=O) groups excluding carboxylic acids is 4. The number of sulfonamides is 1. The molecule has 298 valence electrons. The van der Waals surface area contributed by atoms with Gasteiger partial charge in [-0.15, -0.1) is 0 Å². The third kappa shape index (κ3) is 8.17. The molecule has 3 fully saturated rings. The summed E-state index contributed by atoms with van der Waals surface area (Å²) in [4.78, 5) is 62.6. The van der Waals surface area contributed by atoms with Gasteiger partial charge in [-0.05, 0) is 103 Å². The number of ether oxygens (including phenoxy) is 2. The molecule has 0 bridgehead atoms. The van der Waals surface area contributed by atoms with E-state index >= 15 is 0 Å². The fourth-order valence-corrected chi connectivity index (χ4v) is 9.44. The van der Waals surface area contributed by atoms with Gasteiger partial charge in [0.1, 0.15) is 29.0 Å². The predicted molar refractivity (Wildman–Crippen MR) is 207 cm³/mol. The van der Waals surface area contributed by atoms with E-state index in [9.17, 15) is 27.6 Å². The third-order valence-corrected chi connectivity index (χ3v) is 14.7. The van der Waals surface area contributed by atoms with E-state index in [4.69, 9.17) is 26.1 Å². The van der Waals surface area contributed by atoms with Crippen LogP contribution in [0, 0.1) is 12.3 Å². The van der Waals surface area contributed by atoms with E-state index in [1.807, 2.05) is 32.1 Å². The number of benzene rings is 1. The number of nitrogens with one attached hydrogen (secondary N) is 3. The van der Waals surface area contributed by atoms with Crippen molar-refractivity contribution in [3.8, 4) is 5.75 Å². The minimum atomic E-state index is -4.01. The summed E-state index contributed by atoms with van der Waals surface area (Å²) in [5.74, 6) is -1.35. The Labute approximate surface area is 327 Å². The van der Waals surface area contributed by atoms with Crippen LogP contribution >= 0.6 is 11.6 Å². The van der Waals surface area contributed by atoms with Crippen molar-refractivity contribution < 1.29 is 37.1 Å². The molecule has 13 nitrogen and oxygen atoms in total. The molecule has 4 atom stereocenters. The first-order valence-electron chi connectivity index (χ1n) is 19.5. The normalized spacial score (nSPS) is 28.9. The summed E-state index contributed by atoms with van der Waals surface area (Å²) >= 11 is 6.39. The Hall–Kier alpha value is -3.91. The Morgan fingerprint density at radius 1 is 1.07 bits per heavy atom. The number of pyridine rings is 1. The topological polar surface area (TPSA) is 173 Å². The van der Waals surface area contributed by atoms with E-state index in [1.165, 1.54) is 11.8 Å². The van der Waals surface area contributed by atoms with Crippen LogP contribution in [0.1, 0.15) is 109 Å². The lowest BCUT2D eigenvalue weighted by Gasteiger charge is -2.36. The third-order valence-electron chi connectivity index (χ3n) is 12.3. The van der Waals surface area contributed by atoms with Crippen molar-refractivity contribution in [3.63, 3.8) is 0 Å². The second-order valence-electron chi connectivity index (χ2n) is 17.2. The number of allylic oxidation sites excluding steroid dienone is 1. The van der Waals surface area contributed by atoms with Gasteiger partial charge in [-0.2, -0.15) is 0 Å². The molecule has 1 saturated heterocycles. The van der Waals surface area contributed by atoms with Gasteiger partial charge in [-0.3, -0.25) is 19.1 Å². The van der Waals surface area contributed by atoms with Crippen molar-refractivity contribution in [1.82, 2.24) is 25.2 Å². The lowest BCUT2D eigenvalue weighted by atomic mass is 9.87. The van der Waals surface area contributed by atoms with Crippen molar-refractivity contribution in [2.75, 3.05) is 13.2 Å². The molecule has 0 radical (unpaired) electrons. The number of fused-ring (bicyclic) bond motifs is 4. The van der Waals surface area contributed by atoms with Gasteiger partial charge in [0, 0.05) is 27.8 Å². The smallest absolute Gasteiger partial charge is 0.407 e. The van der Waals surface area contributed by atoms with Crippen LogP contribution in [-0.4, -0.2) is 83.2 Å². The SMILES string of the molecule is Cc1nc2ccc(Cl)cc2c2c1OC1(CC2)CC2C(=O)NC(C)(C(=O)NS(=O)(=O)C3(C)CC3)CC=CCCCCCC(NC(=O)OCC3(C)CC3)C(=O)N2C1. The summed E-state index contributed by atoms with van der Waals surface area (Å²) in [5.41, 5.74) is -0.317. The maximum absolute atomic E-state index is 14.7. The Kier molecular flexibility index (Phi) is 10.4. The molecule has 3 aliphatic heterocycles. The summed E-state index contributed by atoms with van der Waals surface area (Å²) in [7, 11) is -4.01. The average molecular weight is 798 g/mol. The summed E-state index contributed by atoms with van der Waals surface area (Å²) in [5, 5.41) is 7.14. The fraction of sp³-hybridized carbons (Fsp3) is 0.625. The van der Waals surface area contributed by atoms with Gasteiger partial charge in [0.15, 0.2) is 0 Å². The first-order chi connectivity index (χ1) is 25.9. The van der Waals surface area contributed by atoms with Gasteiger partial charge in [-0.1, -0.05) is 43.5 Å². The maximum atomic E-state index is 14.7. The Morgan fingerprint density at radius 3 is 2.56 bits per heavy atom. The van der Waals surface area contributed by atoms with Gasteiger partial charge in [0.05, 0.1) is 29.1 Å². The van der Waals surface area contributed by atoms with Crippen molar-refractivity contribution >= 4 is 56.3 Å². The monoisotopic (exact) mass is 797 g/mol. The molecule has 7 rings (SSSR count). The van der Waals surface area contributed by atoms with Gasteiger partial charge in [-0.25, -0.2) is 18.2 Å². The molecule has 2 aromatic rings. The lowest BCUT2D eigenvalue weighted by Crippen LogP contribution is -2.62. The Morgan fingerprint density at radius 2 is 1.84 bits per heavy atom. The second-order valence-corrected chi connectivity index (χ2v) is 19.9. The number of alkyl carbamates (subject to hydrolysis) is 1. The van der Waals surface area contributed by atoms with Crippen molar-refractivity contribution in [1.29, 1.82) is 0 Å². The summed E-state index contributed by atoms with van der Waals surface area (Å²) < 4.78 is 40.0. The number of aromatic nitrogens is 1. The molecule has 1 aromatic heterocycles. The number of rotatable bonds is 6. The van der Waals surface area contributed by atoms with Gasteiger partial charge < -0.3 is 25.0 Å². The van der Waals surface area contributed by atoms with Crippen LogP contribution in [0.15, 0.2) is 30.4 Å². The number of amides is 4. The number of carbonyl (C=O) groups is 4. The molecule has 2 aliphatic carbocycles. The first-order valence-corrected chi connectivity index (χ1v) is 21.4. The summed E-state index contributed by atoms with van der Waals surface area (Å²) in [6.45, 7) is 7.29. The first kappa shape index (κ1) is 39.3. The highest BCUT2D eigenvalue weighted by atomic mass is 35.5. The van der Waals surface area contributed by atoms with E-state index in [-0.39, 0.29) is 31.4 Å². The van der Waals surface area contributed by atoms with Gasteiger partial charge in [0.2, 0.25) is 21.8 Å². The minimum absolute atomic E-state index is 0.0297. The Bertz CT molecular complexity index is 2050. The summed E-state index contributed by atoms with van der Waals surface area (Å²) in [6, 6.07) is 3.43. The number of hydrogen-bond acceptors (Lipinski definition) is 9. The van der Waals surface area contributed by atoms with E-state index in [2.05, 4.69) is 15.4 Å². The van der Waals surface area contributed by atoms with Crippen molar-refractivity contribution in [2.24, 2.45) is 5.41 Å². The van der Waals surface area contributed by atoms with Crippen LogP contribution in [0.2, 0.25) is 5.02 Å². The van der Waals surface area contributed by atoms with Crippen LogP contribution in [0.5, 0.6) is 5.75 Å². The van der Waals surface area contributed by atoms with Crippen molar-refractivity contribution in [2.45, 2.75) is 139 Å². The Balaban J connectivity index is 1.22. The van der Waals surface area contributed by atoms with Gasteiger partial charge in [0.25, 0.3) is 5.91 Å². The number of hydrogen-bond donors (Lipinski definition) is 3. The predicted octanol–water partition coefficient (Wildman–Crippen LogP) is 5.54. The van der Waals surface area contributed by atoms with E-state index in [0.717, 1.165) is 42.1 Å². The molecule has 1 aromatic carbocycles. The van der Waals surface area contributed by atoms with Crippen molar-refractivity contribution in [3.05, 3.63) is 46.6 Å². The van der Waals surface area contributed by atoms with Crippen LogP contribution in [-0.2, 0) is 35.6 Å². The minimum Gasteiger partial charge on any atom is -0.483 e. The molecule has 55 heavy (non-hydrogen) atoms. The highest BCUT2D eigenvalue weighted by molar-refractivity contribution is 7.91. The van der Waals surface area contributed by atoms with Crippen LogP contribution in [0.4, 0.5) is 4.79 Å². The average Bonchev–Trinajstić information content (AvgIpc) is 4.04. The number of nitrogens with zero attached hydrogens (tertiary/aromatic N) is 2. The van der Waals surface area contributed by atoms with Crippen LogP contribution in [0.25, 0.3) is 10.9 Å². The molecule has 1 spiro atoms. The number of aryl methyl sites for hydroxylation is 2. The molecular weight excluding hydrogens is 746 g/mol. The van der Waals surface area contributed by atoms with Gasteiger partial charge >= 0.3 is 6.09 Å².